The first kappa shape index (κ1) is 24.4. The van der Waals surface area contributed by atoms with Crippen molar-refractivity contribution in [2.75, 3.05) is 40.3 Å². The van der Waals surface area contributed by atoms with E-state index in [9.17, 15) is 0 Å². The topological polar surface area (TPSA) is 21.8 Å². The second-order valence-corrected chi connectivity index (χ2v) is 7.28. The van der Waals surface area contributed by atoms with Gasteiger partial charge in [-0.15, -0.1) is 0 Å². The van der Waals surface area contributed by atoms with Crippen LogP contribution >= 0.6 is 0 Å². The molecule has 4 atom stereocenters. The second kappa shape index (κ2) is 11.6. The predicted octanol–water partition coefficient (Wildman–Crippen LogP) is -5.22. The molecule has 0 saturated carbocycles. The van der Waals surface area contributed by atoms with Crippen molar-refractivity contribution in [2.45, 2.75) is 51.9 Å². The van der Waals surface area contributed by atoms with E-state index in [-0.39, 0.29) is 24.8 Å². The van der Waals surface area contributed by atoms with Crippen LogP contribution in [0.4, 0.5) is 0 Å². The summed E-state index contributed by atoms with van der Waals surface area (Å²) in [6.07, 6.45) is 0. The largest absolute Gasteiger partial charge is 1.00 e. The van der Waals surface area contributed by atoms with Gasteiger partial charge in [-0.2, -0.15) is 0 Å². The minimum Gasteiger partial charge on any atom is -1.00 e. The molecular weight excluding hydrogens is 343 g/mol. The number of hydrogen-bond donors (Lipinski definition) is 1. The molecule has 1 saturated heterocycles. The second-order valence-electron chi connectivity index (χ2n) is 6.39. The Morgan fingerprint density at radius 3 is 1.86 bits per heavy atom. The summed E-state index contributed by atoms with van der Waals surface area (Å²) in [6.45, 7) is 13.7. The Bertz CT molecular complexity index is 273. The molecule has 1 aliphatic heterocycles. The molecule has 0 aromatic rings. The van der Waals surface area contributed by atoms with Crippen LogP contribution in [-0.2, 0) is 20.7 Å². The Hall–Kier alpha value is 1.13. The van der Waals surface area contributed by atoms with E-state index >= 15 is 0 Å². The van der Waals surface area contributed by atoms with Gasteiger partial charge in [0.05, 0.1) is 0 Å². The fraction of sp³-hybridized carbons (Fsp3) is 1.00. The van der Waals surface area contributed by atoms with Crippen molar-refractivity contribution in [1.82, 2.24) is 18.5 Å². The molecule has 1 heterocycles. The molecule has 0 amide bonds. The maximum Gasteiger partial charge on any atom is -1.00 e. The standard InChI is InChI=1S/C14H31N4.2ClH.Ti/c1-11-7-15-12(2)9-17(5)14(4)10-18(6)13(3)8-16-11;;;/h11-15H,7-10H2,1-6H3;2*1H;/q-1;;;+3/p-2. The van der Waals surface area contributed by atoms with E-state index in [2.05, 4.69) is 81.0 Å². The smallest absolute Gasteiger partial charge is 1.00 e. The van der Waals surface area contributed by atoms with E-state index in [1.807, 2.05) is 0 Å². The average Bonchev–Trinajstić information content (AvgIpc) is 2.34. The van der Waals surface area contributed by atoms with E-state index in [4.69, 9.17) is 0 Å². The number of rotatable bonds is 0. The molecule has 4 unspecified atom stereocenters. The molecule has 0 bridgehead atoms. The van der Waals surface area contributed by atoms with Gasteiger partial charge in [0.2, 0.25) is 0 Å². The van der Waals surface area contributed by atoms with Crippen molar-refractivity contribution in [2.24, 2.45) is 0 Å². The molecule has 21 heavy (non-hydrogen) atoms. The zero-order chi connectivity index (χ0) is 14.6. The number of nitrogens with one attached hydrogen (secondary N) is 1. The van der Waals surface area contributed by atoms with E-state index in [1.54, 1.807) is 0 Å². The van der Waals surface area contributed by atoms with Gasteiger partial charge in [-0.25, -0.2) is 0 Å². The van der Waals surface area contributed by atoms with Gasteiger partial charge >= 0.3 is 131 Å². The van der Waals surface area contributed by atoms with Crippen LogP contribution in [0.25, 0.3) is 0 Å². The van der Waals surface area contributed by atoms with Gasteiger partial charge in [0.25, 0.3) is 0 Å². The fourth-order valence-corrected chi connectivity index (χ4v) is 3.05. The number of likely N-dealkylation sites (N-methyl/N-ethyl adjacent to an activating group) is 2. The molecule has 0 aromatic carbocycles. The van der Waals surface area contributed by atoms with Crippen LogP contribution in [0.3, 0.4) is 0 Å². The minimum absolute atomic E-state index is 0. The summed E-state index contributed by atoms with van der Waals surface area (Å²) in [4.78, 5) is 4.96. The molecule has 1 rings (SSSR count). The average molecular weight is 374 g/mol. The van der Waals surface area contributed by atoms with Gasteiger partial charge in [-0.05, 0) is 0 Å². The summed E-state index contributed by atoms with van der Waals surface area (Å²) in [5.74, 6) is 0. The Morgan fingerprint density at radius 1 is 0.810 bits per heavy atom. The third-order valence-electron chi connectivity index (χ3n) is 4.37. The van der Waals surface area contributed by atoms with Crippen LogP contribution in [0.15, 0.2) is 0 Å². The summed E-state index contributed by atoms with van der Waals surface area (Å²) in [5.41, 5.74) is 0. The molecule has 0 radical (unpaired) electrons. The summed E-state index contributed by atoms with van der Waals surface area (Å²) in [7, 11) is 4.49. The van der Waals surface area contributed by atoms with E-state index in [1.165, 1.54) is 0 Å². The first-order valence-corrected chi connectivity index (χ1v) is 8.12. The molecule has 1 N–H and O–H groups in total. The van der Waals surface area contributed by atoms with Crippen LogP contribution in [0.5, 0.6) is 0 Å². The normalized spacial score (nSPS) is 35.0. The van der Waals surface area contributed by atoms with Gasteiger partial charge in [0.15, 0.2) is 0 Å². The van der Waals surface area contributed by atoms with Crippen molar-refractivity contribution in [3.05, 3.63) is 0 Å². The summed E-state index contributed by atoms with van der Waals surface area (Å²) >= 11 is 2.24. The number of halogens is 2. The molecule has 1 fully saturated rings. The maximum absolute atomic E-state index is 3.66. The first-order valence-electron chi connectivity index (χ1n) is 7.43. The Labute approximate surface area is 155 Å². The maximum atomic E-state index is 3.66. The van der Waals surface area contributed by atoms with Gasteiger partial charge in [0, 0.05) is 0 Å². The fourth-order valence-electron chi connectivity index (χ4n) is 2.50. The third-order valence-corrected chi connectivity index (χ3v) is 5.35. The quantitative estimate of drug-likeness (QED) is 0.428. The zero-order valence-corrected chi connectivity index (χ0v) is 17.3. The Balaban J connectivity index is 0. The third kappa shape index (κ3) is 8.52. The van der Waals surface area contributed by atoms with Crippen molar-refractivity contribution in [1.29, 1.82) is 0 Å². The zero-order valence-electron chi connectivity index (χ0n) is 14.2. The SMILES string of the molecule is CC1CN(C)C(C)CN(C)C(C)C[N]([Ti+2])C(C)CN1.[Cl-].[Cl-]. The van der Waals surface area contributed by atoms with Crippen molar-refractivity contribution in [3.63, 3.8) is 0 Å². The summed E-state index contributed by atoms with van der Waals surface area (Å²) in [6, 6.07) is 2.32. The Kier molecular flexibility index (Phi) is 13.5. The predicted molar refractivity (Wildman–Crippen MR) is 77.8 cm³/mol. The summed E-state index contributed by atoms with van der Waals surface area (Å²) < 4.78 is 2.47. The summed E-state index contributed by atoms with van der Waals surface area (Å²) in [5, 5.41) is 3.66. The number of hydrogen-bond acceptors (Lipinski definition) is 4. The van der Waals surface area contributed by atoms with Crippen LogP contribution < -0.4 is 30.1 Å². The van der Waals surface area contributed by atoms with Crippen LogP contribution in [0.2, 0.25) is 0 Å². The molecule has 4 nitrogen and oxygen atoms in total. The van der Waals surface area contributed by atoms with Gasteiger partial charge in [-0.3, -0.25) is 0 Å². The van der Waals surface area contributed by atoms with Gasteiger partial charge < -0.3 is 24.8 Å². The molecule has 0 spiro atoms. The van der Waals surface area contributed by atoms with E-state index < -0.39 is 0 Å². The van der Waals surface area contributed by atoms with Crippen LogP contribution in [0, 0.1) is 0 Å². The van der Waals surface area contributed by atoms with Crippen molar-refractivity contribution < 1.29 is 45.5 Å². The van der Waals surface area contributed by atoms with Crippen molar-refractivity contribution >= 4 is 0 Å². The molecule has 0 aliphatic carbocycles. The molecule has 125 valence electrons. The van der Waals surface area contributed by atoms with Crippen LogP contribution in [0.1, 0.15) is 27.7 Å². The van der Waals surface area contributed by atoms with Crippen LogP contribution in [-0.4, -0.2) is 77.6 Å². The Morgan fingerprint density at radius 2 is 1.29 bits per heavy atom. The number of nitrogens with zero attached hydrogens (tertiary/aromatic N) is 3. The molecule has 0 aromatic heterocycles. The minimum atomic E-state index is 0. The molecular formula is C14H31Cl2N4Ti. The van der Waals surface area contributed by atoms with E-state index in [0.29, 0.717) is 24.2 Å². The first-order chi connectivity index (χ1) is 8.81. The molecule has 1 aliphatic rings. The monoisotopic (exact) mass is 373 g/mol. The van der Waals surface area contributed by atoms with E-state index in [0.717, 1.165) is 26.2 Å². The van der Waals surface area contributed by atoms with Crippen molar-refractivity contribution in [3.8, 4) is 0 Å². The van der Waals surface area contributed by atoms with Gasteiger partial charge in [0.1, 0.15) is 0 Å². The molecule has 7 heteroatoms. The van der Waals surface area contributed by atoms with Gasteiger partial charge in [-0.1, -0.05) is 0 Å².